The summed E-state index contributed by atoms with van der Waals surface area (Å²) in [6.45, 7) is 0. The Morgan fingerprint density at radius 3 is 2.70 bits per heavy atom. The normalized spacial score (nSPS) is 11.3. The van der Waals surface area contributed by atoms with Gasteiger partial charge in [0.05, 0.1) is 16.9 Å². The molecule has 0 aliphatic heterocycles. The second kappa shape index (κ2) is 6.35. The number of anilines is 1. The number of amides is 1. The summed E-state index contributed by atoms with van der Waals surface area (Å²) >= 11 is 1.26. The van der Waals surface area contributed by atoms with Crippen LogP contribution in [0.2, 0.25) is 0 Å². The van der Waals surface area contributed by atoms with E-state index in [1.807, 2.05) is 0 Å². The predicted octanol–water partition coefficient (Wildman–Crippen LogP) is 2.96. The lowest BCUT2D eigenvalue weighted by Gasteiger charge is -2.05. The highest BCUT2D eigenvalue weighted by molar-refractivity contribution is 7.90. The molecule has 23 heavy (non-hydrogen) atoms. The maximum Gasteiger partial charge on any atom is 0.293 e. The predicted molar refractivity (Wildman–Crippen MR) is 86.1 cm³/mol. The largest absolute Gasteiger partial charge is 0.459 e. The first-order chi connectivity index (χ1) is 11.1. The van der Waals surface area contributed by atoms with E-state index in [1.165, 1.54) is 35.8 Å². The van der Waals surface area contributed by atoms with E-state index in [9.17, 15) is 13.2 Å². The zero-order valence-electron chi connectivity index (χ0n) is 11.8. The van der Waals surface area contributed by atoms with Gasteiger partial charge in [0.2, 0.25) is 0 Å². The number of sulfone groups is 1. The Kier molecular flexibility index (Phi) is 4.26. The number of hydrogen-bond acceptors (Lipinski definition) is 6. The van der Waals surface area contributed by atoms with Gasteiger partial charge in [0, 0.05) is 17.1 Å². The zero-order valence-corrected chi connectivity index (χ0v) is 13.4. The average molecular weight is 348 g/mol. The Morgan fingerprint density at radius 1 is 1.22 bits per heavy atom. The number of furan rings is 1. The van der Waals surface area contributed by atoms with Gasteiger partial charge in [-0.3, -0.25) is 10.1 Å². The third-order valence-electron chi connectivity index (χ3n) is 3.05. The molecule has 1 amide bonds. The molecule has 1 N–H and O–H groups in total. The van der Waals surface area contributed by atoms with Gasteiger partial charge in [0.1, 0.15) is 0 Å². The Morgan fingerprint density at radius 2 is 2.00 bits per heavy atom. The van der Waals surface area contributed by atoms with Crippen LogP contribution in [0.3, 0.4) is 0 Å². The van der Waals surface area contributed by atoms with Crippen LogP contribution in [-0.2, 0) is 15.6 Å². The minimum absolute atomic E-state index is 0.0280. The molecule has 2 aromatic heterocycles. The number of thiazole rings is 1. The molecule has 0 radical (unpaired) electrons. The van der Waals surface area contributed by atoms with Crippen molar-refractivity contribution >= 4 is 32.2 Å². The lowest BCUT2D eigenvalue weighted by molar-refractivity contribution is 0.0995. The topological polar surface area (TPSA) is 89.3 Å². The zero-order chi connectivity index (χ0) is 16.3. The third kappa shape index (κ3) is 3.49. The number of aromatic nitrogens is 1. The van der Waals surface area contributed by atoms with Crippen molar-refractivity contribution in [2.45, 2.75) is 10.6 Å². The van der Waals surface area contributed by atoms with Crippen LogP contribution in [0.4, 0.5) is 5.13 Å². The molecular weight excluding hydrogens is 336 g/mol. The number of carbonyl (C=O) groups is 1. The molecule has 0 saturated carbocycles. The molecule has 0 aliphatic carbocycles. The fourth-order valence-corrected chi connectivity index (χ4v) is 3.90. The lowest BCUT2D eigenvalue weighted by Crippen LogP contribution is -2.14. The molecule has 0 saturated heterocycles. The van der Waals surface area contributed by atoms with Crippen LogP contribution in [0, 0.1) is 0 Å². The van der Waals surface area contributed by atoms with E-state index >= 15 is 0 Å². The monoisotopic (exact) mass is 348 g/mol. The number of rotatable bonds is 5. The Balaban J connectivity index is 1.83. The van der Waals surface area contributed by atoms with Gasteiger partial charge in [-0.15, -0.1) is 11.3 Å². The van der Waals surface area contributed by atoms with Gasteiger partial charge < -0.3 is 4.42 Å². The highest BCUT2D eigenvalue weighted by atomic mass is 32.2. The summed E-state index contributed by atoms with van der Waals surface area (Å²) in [7, 11) is -3.55. The number of nitrogens with one attached hydrogen (secondary N) is 1. The molecule has 0 unspecified atom stereocenters. The van der Waals surface area contributed by atoms with Crippen molar-refractivity contribution in [3.63, 3.8) is 0 Å². The summed E-state index contributed by atoms with van der Waals surface area (Å²) in [6.07, 6.45) is 2.86. The smallest absolute Gasteiger partial charge is 0.293 e. The number of carbonyl (C=O) groups excluding carboxylic acids is 1. The lowest BCUT2D eigenvalue weighted by atomic mass is 10.3. The van der Waals surface area contributed by atoms with Crippen LogP contribution in [0.15, 0.2) is 63.6 Å². The van der Waals surface area contributed by atoms with Crippen molar-refractivity contribution in [3.05, 3.63) is 65.6 Å². The van der Waals surface area contributed by atoms with Crippen LogP contribution in [0.25, 0.3) is 0 Å². The number of hydrogen-bond donors (Lipinski definition) is 1. The molecule has 0 spiro atoms. The maximum absolute atomic E-state index is 12.4. The van der Waals surface area contributed by atoms with Crippen molar-refractivity contribution in [3.8, 4) is 0 Å². The molecule has 2 heterocycles. The second-order valence-electron chi connectivity index (χ2n) is 4.64. The summed E-state index contributed by atoms with van der Waals surface area (Å²) in [4.78, 5) is 16.3. The quantitative estimate of drug-likeness (QED) is 0.766. The number of nitrogens with zero attached hydrogens (tertiary/aromatic N) is 1. The molecule has 0 fully saturated rings. The van der Waals surface area contributed by atoms with Crippen molar-refractivity contribution in [2.24, 2.45) is 0 Å². The molecule has 118 valence electrons. The summed E-state index contributed by atoms with van der Waals surface area (Å²) in [5.41, 5.74) is 0.308. The fraction of sp³-hybridized carbons (Fsp3) is 0.0667. The molecule has 8 heteroatoms. The van der Waals surface area contributed by atoms with Crippen LogP contribution in [-0.4, -0.2) is 19.3 Å². The highest BCUT2D eigenvalue weighted by Crippen LogP contribution is 2.21. The van der Waals surface area contributed by atoms with Crippen molar-refractivity contribution in [1.82, 2.24) is 4.98 Å². The minimum Gasteiger partial charge on any atom is -0.459 e. The van der Waals surface area contributed by atoms with E-state index in [0.29, 0.717) is 10.7 Å². The summed E-state index contributed by atoms with van der Waals surface area (Å²) in [6, 6.07) is 9.56. The van der Waals surface area contributed by atoms with Gasteiger partial charge in [-0.05, 0) is 18.2 Å². The first kappa shape index (κ1) is 15.4. The maximum atomic E-state index is 12.4. The van der Waals surface area contributed by atoms with Crippen LogP contribution < -0.4 is 5.32 Å². The molecule has 0 atom stereocenters. The molecule has 1 aromatic carbocycles. The SMILES string of the molecule is O=C(Nc1nccs1)c1occc1CS(=O)(=O)c1ccccc1. The average Bonchev–Trinajstić information content (AvgIpc) is 3.19. The second-order valence-corrected chi connectivity index (χ2v) is 7.52. The molecular formula is C15H12N2O4S2. The van der Waals surface area contributed by atoms with Crippen LogP contribution >= 0.6 is 11.3 Å². The van der Waals surface area contributed by atoms with Crippen molar-refractivity contribution in [1.29, 1.82) is 0 Å². The first-order valence-electron chi connectivity index (χ1n) is 6.61. The number of benzene rings is 1. The summed E-state index contributed by atoms with van der Waals surface area (Å²) in [5.74, 6) is -0.864. The van der Waals surface area contributed by atoms with E-state index in [-0.39, 0.29) is 16.4 Å². The molecule has 3 rings (SSSR count). The van der Waals surface area contributed by atoms with Crippen molar-refractivity contribution in [2.75, 3.05) is 5.32 Å². The van der Waals surface area contributed by atoms with Crippen molar-refractivity contribution < 1.29 is 17.6 Å². The Bertz CT molecular complexity index is 900. The van der Waals surface area contributed by atoms with Gasteiger partial charge in [0.25, 0.3) is 5.91 Å². The van der Waals surface area contributed by atoms with E-state index in [4.69, 9.17) is 4.42 Å². The molecule has 0 aliphatic rings. The van der Waals surface area contributed by atoms with Gasteiger partial charge in [-0.1, -0.05) is 18.2 Å². The van der Waals surface area contributed by atoms with E-state index in [1.54, 1.807) is 29.8 Å². The van der Waals surface area contributed by atoms with Gasteiger partial charge in [-0.25, -0.2) is 13.4 Å². The minimum atomic E-state index is -3.55. The van der Waals surface area contributed by atoms with Crippen LogP contribution in [0.5, 0.6) is 0 Å². The Labute approximate surface area is 136 Å². The fourth-order valence-electron chi connectivity index (χ4n) is 2.00. The van der Waals surface area contributed by atoms with E-state index < -0.39 is 15.7 Å². The van der Waals surface area contributed by atoms with Crippen LogP contribution in [0.1, 0.15) is 16.1 Å². The highest BCUT2D eigenvalue weighted by Gasteiger charge is 2.22. The standard InChI is InChI=1S/C15H12N2O4S2/c18-14(17-15-16-7-9-22-15)13-11(6-8-21-13)10-23(19,20)12-4-2-1-3-5-12/h1-9H,10H2,(H,16,17,18). The summed E-state index contributed by atoms with van der Waals surface area (Å²) in [5, 5.41) is 4.71. The first-order valence-corrected chi connectivity index (χ1v) is 9.14. The summed E-state index contributed by atoms with van der Waals surface area (Å²) < 4.78 is 30.0. The van der Waals surface area contributed by atoms with Gasteiger partial charge in [0.15, 0.2) is 20.7 Å². The molecule has 6 nitrogen and oxygen atoms in total. The van der Waals surface area contributed by atoms with Gasteiger partial charge >= 0.3 is 0 Å². The van der Waals surface area contributed by atoms with E-state index in [2.05, 4.69) is 10.3 Å². The van der Waals surface area contributed by atoms with Gasteiger partial charge in [-0.2, -0.15) is 0 Å². The Hall–Kier alpha value is -2.45. The molecule has 0 bridgehead atoms. The molecule has 3 aromatic rings. The third-order valence-corrected chi connectivity index (χ3v) is 5.42. The van der Waals surface area contributed by atoms with E-state index in [0.717, 1.165) is 0 Å².